The molecule has 100 valence electrons. The molecule has 18 heavy (non-hydrogen) atoms. The van der Waals surface area contributed by atoms with Gasteiger partial charge in [0.2, 0.25) is 15.9 Å². The summed E-state index contributed by atoms with van der Waals surface area (Å²) in [6.07, 6.45) is 1.05. The number of amides is 1. The predicted molar refractivity (Wildman–Crippen MR) is 72.3 cm³/mol. The average Bonchev–Trinajstić information content (AvgIpc) is 2.22. The Labute approximate surface area is 112 Å². The van der Waals surface area contributed by atoms with E-state index < -0.39 is 15.9 Å². The zero-order chi connectivity index (χ0) is 13.9. The van der Waals surface area contributed by atoms with Crippen molar-refractivity contribution in [1.82, 2.24) is 4.31 Å². The van der Waals surface area contributed by atoms with Crippen LogP contribution in [0.1, 0.15) is 5.56 Å². The molecule has 0 bridgehead atoms. The number of likely N-dealkylation sites (N-methyl/N-ethyl adjacent to an activating group) is 1. The van der Waals surface area contributed by atoms with E-state index in [4.69, 9.17) is 11.6 Å². The Kier molecular flexibility index (Phi) is 4.72. The normalized spacial score (nSPS) is 11.6. The molecule has 1 aromatic carbocycles. The van der Waals surface area contributed by atoms with Crippen molar-refractivity contribution in [3.8, 4) is 0 Å². The number of carbonyl (C=O) groups is 1. The summed E-state index contributed by atoms with van der Waals surface area (Å²) in [6, 6.07) is 5.11. The predicted octanol–water partition coefficient (Wildman–Crippen LogP) is 1.48. The van der Waals surface area contributed by atoms with Crippen LogP contribution in [0.5, 0.6) is 0 Å². The summed E-state index contributed by atoms with van der Waals surface area (Å²) in [7, 11) is -2.02. The number of hydrogen-bond donors (Lipinski definition) is 1. The minimum atomic E-state index is -3.36. The van der Waals surface area contributed by atoms with E-state index >= 15 is 0 Å². The largest absolute Gasteiger partial charge is 0.325 e. The molecule has 0 atom stereocenters. The molecular formula is C11H15ClN2O3S. The summed E-state index contributed by atoms with van der Waals surface area (Å²) < 4.78 is 23.3. The minimum absolute atomic E-state index is 0.231. The number of anilines is 1. The fourth-order valence-corrected chi connectivity index (χ4v) is 1.76. The number of aryl methyl sites for hydroxylation is 1. The molecule has 0 aliphatic carbocycles. The van der Waals surface area contributed by atoms with Crippen molar-refractivity contribution in [2.24, 2.45) is 0 Å². The molecule has 5 nitrogen and oxygen atoms in total. The molecule has 0 aliphatic rings. The van der Waals surface area contributed by atoms with Gasteiger partial charge in [-0.1, -0.05) is 17.7 Å². The highest BCUT2D eigenvalue weighted by atomic mass is 35.5. The summed E-state index contributed by atoms with van der Waals surface area (Å²) in [6.45, 7) is 1.59. The molecule has 0 heterocycles. The van der Waals surface area contributed by atoms with Crippen molar-refractivity contribution in [1.29, 1.82) is 0 Å². The number of sulfonamides is 1. The molecule has 1 amide bonds. The molecule has 0 saturated heterocycles. The van der Waals surface area contributed by atoms with E-state index in [9.17, 15) is 13.2 Å². The second-order valence-electron chi connectivity index (χ2n) is 4.03. The minimum Gasteiger partial charge on any atom is -0.325 e. The van der Waals surface area contributed by atoms with Gasteiger partial charge >= 0.3 is 0 Å². The number of rotatable bonds is 4. The lowest BCUT2D eigenvalue weighted by atomic mass is 10.2. The van der Waals surface area contributed by atoms with Crippen molar-refractivity contribution in [2.75, 3.05) is 25.2 Å². The first-order valence-corrected chi connectivity index (χ1v) is 7.40. The molecule has 0 fully saturated rings. The van der Waals surface area contributed by atoms with E-state index in [-0.39, 0.29) is 6.54 Å². The van der Waals surface area contributed by atoms with Crippen molar-refractivity contribution in [2.45, 2.75) is 6.92 Å². The number of nitrogens with zero attached hydrogens (tertiary/aromatic N) is 1. The Bertz CT molecular complexity index is 557. The third-order valence-electron chi connectivity index (χ3n) is 2.41. The lowest BCUT2D eigenvalue weighted by molar-refractivity contribution is -0.116. The van der Waals surface area contributed by atoms with Crippen molar-refractivity contribution in [3.63, 3.8) is 0 Å². The van der Waals surface area contributed by atoms with E-state index in [1.165, 1.54) is 7.05 Å². The molecule has 0 unspecified atom stereocenters. The first kappa shape index (κ1) is 14.9. The first-order chi connectivity index (χ1) is 8.20. The molecule has 0 radical (unpaired) electrons. The number of hydrogen-bond acceptors (Lipinski definition) is 3. The van der Waals surface area contributed by atoms with Crippen molar-refractivity contribution >= 4 is 33.2 Å². The molecule has 1 aromatic rings. The van der Waals surface area contributed by atoms with Gasteiger partial charge in [-0.05, 0) is 24.6 Å². The number of carbonyl (C=O) groups excluding carboxylic acids is 1. The first-order valence-electron chi connectivity index (χ1n) is 5.17. The van der Waals surface area contributed by atoms with Crippen molar-refractivity contribution < 1.29 is 13.2 Å². The molecule has 0 spiro atoms. The topological polar surface area (TPSA) is 66.5 Å². The van der Waals surface area contributed by atoms with Gasteiger partial charge in [0.25, 0.3) is 0 Å². The number of nitrogens with one attached hydrogen (secondary N) is 1. The molecule has 0 saturated carbocycles. The molecule has 1 rings (SSSR count). The Morgan fingerprint density at radius 1 is 1.44 bits per heavy atom. The van der Waals surface area contributed by atoms with Crippen LogP contribution in [-0.4, -0.2) is 38.5 Å². The monoisotopic (exact) mass is 290 g/mol. The van der Waals surface area contributed by atoms with Gasteiger partial charge in [-0.2, -0.15) is 4.31 Å². The van der Waals surface area contributed by atoms with Crippen LogP contribution in [0.2, 0.25) is 5.02 Å². The molecule has 7 heteroatoms. The van der Waals surface area contributed by atoms with Crippen LogP contribution < -0.4 is 5.32 Å². The third-order valence-corrected chi connectivity index (χ3v) is 3.90. The summed E-state index contributed by atoms with van der Waals surface area (Å²) in [5.41, 5.74) is 1.43. The summed E-state index contributed by atoms with van der Waals surface area (Å²) in [5.74, 6) is -0.409. The van der Waals surface area contributed by atoms with Gasteiger partial charge in [0, 0.05) is 17.8 Å². The van der Waals surface area contributed by atoms with Gasteiger partial charge in [-0.15, -0.1) is 0 Å². The quantitative estimate of drug-likeness (QED) is 0.913. The van der Waals surface area contributed by atoms with E-state index in [1.807, 2.05) is 6.92 Å². The van der Waals surface area contributed by atoms with Gasteiger partial charge in [0.1, 0.15) is 0 Å². The summed E-state index contributed by atoms with van der Waals surface area (Å²) >= 11 is 5.82. The SMILES string of the molecule is Cc1ccc(Cl)cc1NC(=O)CN(C)S(C)(=O)=O. The van der Waals surface area contributed by atoms with Gasteiger partial charge in [0.05, 0.1) is 12.8 Å². The Morgan fingerprint density at radius 2 is 2.06 bits per heavy atom. The number of benzene rings is 1. The van der Waals surface area contributed by atoms with Crippen LogP contribution in [0.15, 0.2) is 18.2 Å². The van der Waals surface area contributed by atoms with Crippen LogP contribution >= 0.6 is 11.6 Å². The Balaban J connectivity index is 2.74. The second-order valence-corrected chi connectivity index (χ2v) is 6.55. The average molecular weight is 291 g/mol. The molecule has 0 aliphatic heterocycles. The smallest absolute Gasteiger partial charge is 0.239 e. The van der Waals surface area contributed by atoms with Gasteiger partial charge in [0.15, 0.2) is 0 Å². The van der Waals surface area contributed by atoms with Crippen molar-refractivity contribution in [3.05, 3.63) is 28.8 Å². The Hall–Kier alpha value is -1.11. The lowest BCUT2D eigenvalue weighted by Crippen LogP contribution is -2.34. The fraction of sp³-hybridized carbons (Fsp3) is 0.364. The standard InChI is InChI=1S/C11H15ClN2O3S/c1-8-4-5-9(12)6-10(8)13-11(15)7-14(2)18(3,16)17/h4-6H,7H2,1-3H3,(H,13,15). The van der Waals surface area contributed by atoms with Gasteiger partial charge in [-0.25, -0.2) is 8.42 Å². The van der Waals surface area contributed by atoms with Crippen LogP contribution in [0.3, 0.4) is 0 Å². The van der Waals surface area contributed by atoms with Crippen LogP contribution in [0.4, 0.5) is 5.69 Å². The van der Waals surface area contributed by atoms with E-state index in [0.29, 0.717) is 10.7 Å². The summed E-state index contributed by atoms with van der Waals surface area (Å²) in [5, 5.41) is 3.13. The molecular weight excluding hydrogens is 276 g/mol. The number of halogens is 1. The van der Waals surface area contributed by atoms with E-state index in [2.05, 4.69) is 5.32 Å². The van der Waals surface area contributed by atoms with E-state index in [1.54, 1.807) is 18.2 Å². The van der Waals surface area contributed by atoms with Gasteiger partial charge < -0.3 is 5.32 Å². The Morgan fingerprint density at radius 3 is 2.61 bits per heavy atom. The van der Waals surface area contributed by atoms with Gasteiger partial charge in [-0.3, -0.25) is 4.79 Å². The zero-order valence-electron chi connectivity index (χ0n) is 10.4. The summed E-state index contributed by atoms with van der Waals surface area (Å²) in [4.78, 5) is 11.7. The molecule has 0 aromatic heterocycles. The maximum Gasteiger partial charge on any atom is 0.239 e. The maximum atomic E-state index is 11.7. The zero-order valence-corrected chi connectivity index (χ0v) is 12.0. The van der Waals surface area contributed by atoms with E-state index in [0.717, 1.165) is 16.1 Å². The highest BCUT2D eigenvalue weighted by molar-refractivity contribution is 7.88. The van der Waals surface area contributed by atoms with Crippen LogP contribution in [0.25, 0.3) is 0 Å². The lowest BCUT2D eigenvalue weighted by Gasteiger charge is -2.14. The fourth-order valence-electron chi connectivity index (χ4n) is 1.24. The third kappa shape index (κ3) is 4.29. The highest BCUT2D eigenvalue weighted by Gasteiger charge is 2.15. The van der Waals surface area contributed by atoms with Crippen LogP contribution in [0, 0.1) is 6.92 Å². The second kappa shape index (κ2) is 5.69. The molecule has 1 N–H and O–H groups in total. The maximum absolute atomic E-state index is 11.7. The highest BCUT2D eigenvalue weighted by Crippen LogP contribution is 2.20. The van der Waals surface area contributed by atoms with Crippen LogP contribution in [-0.2, 0) is 14.8 Å².